The number of rotatable bonds is 4. The molecule has 0 fully saturated rings. The monoisotopic (exact) mass is 356 g/mol. The number of fused-ring (bicyclic) bond motifs is 2. The van der Waals surface area contributed by atoms with E-state index in [0.29, 0.717) is 0 Å². The number of hydrogen-bond donors (Lipinski definition) is 0. The zero-order valence-corrected chi connectivity index (χ0v) is 15.9. The van der Waals surface area contributed by atoms with E-state index < -0.39 is 0 Å². The molecule has 3 heteroatoms. The number of nitrogens with zero attached hydrogens (tertiary/aromatic N) is 2. The molecule has 0 aliphatic heterocycles. The Morgan fingerprint density at radius 1 is 1.07 bits per heavy atom. The first-order valence-electron chi connectivity index (χ1n) is 9.62. The summed E-state index contributed by atoms with van der Waals surface area (Å²) in [6.45, 7) is 2.86. The maximum Gasteiger partial charge on any atom is 0.254 e. The summed E-state index contributed by atoms with van der Waals surface area (Å²) < 4.78 is 0. The lowest BCUT2D eigenvalue weighted by molar-refractivity contribution is 0.0796. The Morgan fingerprint density at radius 3 is 2.59 bits per heavy atom. The Balaban J connectivity index is 1.89. The van der Waals surface area contributed by atoms with Crippen LogP contribution >= 0.6 is 0 Å². The largest absolute Gasteiger partial charge is 0.342 e. The van der Waals surface area contributed by atoms with Crippen LogP contribution in [0.1, 0.15) is 46.9 Å². The van der Waals surface area contributed by atoms with Gasteiger partial charge in [0.1, 0.15) is 0 Å². The van der Waals surface area contributed by atoms with E-state index in [4.69, 9.17) is 4.98 Å². The minimum Gasteiger partial charge on any atom is -0.342 e. The van der Waals surface area contributed by atoms with Crippen molar-refractivity contribution >= 4 is 28.5 Å². The number of carbonyl (C=O) groups excluding carboxylic acids is 1. The summed E-state index contributed by atoms with van der Waals surface area (Å²) >= 11 is 0. The highest BCUT2D eigenvalue weighted by Crippen LogP contribution is 2.37. The summed E-state index contributed by atoms with van der Waals surface area (Å²) in [6, 6.07) is 18.3. The average Bonchev–Trinajstić information content (AvgIpc) is 3.09. The normalized spacial score (nSPS) is 14.5. The zero-order chi connectivity index (χ0) is 18.8. The summed E-state index contributed by atoms with van der Waals surface area (Å²) in [7, 11) is 1.89. The van der Waals surface area contributed by atoms with Gasteiger partial charge in [0.15, 0.2) is 0 Å². The standard InChI is InChI=1S/C24H24N2O/c1-3-15-26(2)24(27)22-19-11-7-8-12-21(19)25-23-18(13-14-20(22)23)16-17-9-5-4-6-10-17/h4-12,16H,3,13-15H2,1-2H3/b18-16-. The number of allylic oxidation sites excluding steroid dienone is 1. The second-order valence-corrected chi connectivity index (χ2v) is 7.14. The van der Waals surface area contributed by atoms with Crippen molar-refractivity contribution < 1.29 is 4.79 Å². The zero-order valence-electron chi connectivity index (χ0n) is 15.9. The number of aromatic nitrogens is 1. The topological polar surface area (TPSA) is 33.2 Å². The van der Waals surface area contributed by atoms with Gasteiger partial charge in [-0.05, 0) is 48.1 Å². The third kappa shape index (κ3) is 3.25. The SMILES string of the molecule is CCCN(C)C(=O)c1c2c(nc3ccccc13)/C(=C\c1ccccc1)CC2. The number of hydrogen-bond acceptors (Lipinski definition) is 2. The average molecular weight is 356 g/mol. The summed E-state index contributed by atoms with van der Waals surface area (Å²) in [5, 5.41) is 0.963. The Hall–Kier alpha value is -2.94. The maximum atomic E-state index is 13.3. The third-order valence-electron chi connectivity index (χ3n) is 5.20. The Kier molecular flexibility index (Phi) is 4.76. The molecule has 0 N–H and O–H groups in total. The smallest absolute Gasteiger partial charge is 0.254 e. The molecule has 0 radical (unpaired) electrons. The molecule has 0 unspecified atom stereocenters. The highest BCUT2D eigenvalue weighted by molar-refractivity contribution is 6.09. The molecule has 1 aliphatic carbocycles. The second-order valence-electron chi connectivity index (χ2n) is 7.14. The molecule has 0 atom stereocenters. The molecule has 27 heavy (non-hydrogen) atoms. The van der Waals surface area contributed by atoms with Crippen LogP contribution in [-0.2, 0) is 6.42 Å². The summed E-state index contributed by atoms with van der Waals surface area (Å²) in [5.74, 6) is 0.104. The van der Waals surface area contributed by atoms with Gasteiger partial charge in [0.25, 0.3) is 5.91 Å². The minimum absolute atomic E-state index is 0.104. The van der Waals surface area contributed by atoms with E-state index in [1.165, 1.54) is 11.1 Å². The van der Waals surface area contributed by atoms with E-state index in [1.807, 2.05) is 54.4 Å². The Bertz CT molecular complexity index is 1020. The van der Waals surface area contributed by atoms with Crippen LogP contribution in [0.15, 0.2) is 54.6 Å². The van der Waals surface area contributed by atoms with Gasteiger partial charge in [0, 0.05) is 19.0 Å². The van der Waals surface area contributed by atoms with Crippen molar-refractivity contribution in [2.24, 2.45) is 0 Å². The number of para-hydroxylation sites is 1. The fourth-order valence-electron chi connectivity index (χ4n) is 3.90. The number of benzene rings is 2. The van der Waals surface area contributed by atoms with Gasteiger partial charge in [-0.1, -0.05) is 55.5 Å². The molecule has 1 heterocycles. The summed E-state index contributed by atoms with van der Waals surface area (Å²) in [4.78, 5) is 20.0. The van der Waals surface area contributed by atoms with Crippen LogP contribution in [0, 0.1) is 0 Å². The lowest BCUT2D eigenvalue weighted by Gasteiger charge is -2.19. The van der Waals surface area contributed by atoms with Crippen LogP contribution in [0.4, 0.5) is 0 Å². The first kappa shape index (κ1) is 17.5. The number of amides is 1. The van der Waals surface area contributed by atoms with Gasteiger partial charge >= 0.3 is 0 Å². The maximum absolute atomic E-state index is 13.3. The lowest BCUT2D eigenvalue weighted by atomic mass is 9.99. The van der Waals surface area contributed by atoms with E-state index in [1.54, 1.807) is 0 Å². The molecule has 4 rings (SSSR count). The van der Waals surface area contributed by atoms with Gasteiger partial charge in [-0.15, -0.1) is 0 Å². The molecule has 0 saturated carbocycles. The first-order chi connectivity index (χ1) is 13.2. The molecule has 136 valence electrons. The van der Waals surface area contributed by atoms with E-state index in [2.05, 4.69) is 25.1 Å². The third-order valence-corrected chi connectivity index (χ3v) is 5.20. The number of carbonyl (C=O) groups is 1. The molecule has 3 nitrogen and oxygen atoms in total. The fraction of sp³-hybridized carbons (Fsp3) is 0.250. The molecular weight excluding hydrogens is 332 g/mol. The van der Waals surface area contributed by atoms with Crippen LogP contribution < -0.4 is 0 Å². The molecule has 0 saturated heterocycles. The molecule has 0 spiro atoms. The molecule has 1 amide bonds. The highest BCUT2D eigenvalue weighted by Gasteiger charge is 2.27. The van der Waals surface area contributed by atoms with Gasteiger partial charge in [-0.2, -0.15) is 0 Å². The van der Waals surface area contributed by atoms with E-state index in [9.17, 15) is 4.79 Å². The quantitative estimate of drug-likeness (QED) is 0.643. The van der Waals surface area contributed by atoms with Gasteiger partial charge in [-0.3, -0.25) is 4.79 Å². The Morgan fingerprint density at radius 2 is 1.81 bits per heavy atom. The van der Waals surface area contributed by atoms with E-state index >= 15 is 0 Å². The lowest BCUT2D eigenvalue weighted by Crippen LogP contribution is -2.28. The predicted octanol–water partition coefficient (Wildman–Crippen LogP) is 5.20. The van der Waals surface area contributed by atoms with Crippen LogP contribution in [-0.4, -0.2) is 29.4 Å². The van der Waals surface area contributed by atoms with Gasteiger partial charge < -0.3 is 4.90 Å². The first-order valence-corrected chi connectivity index (χ1v) is 9.62. The highest BCUT2D eigenvalue weighted by atomic mass is 16.2. The van der Waals surface area contributed by atoms with Crippen LogP contribution in [0.2, 0.25) is 0 Å². The Labute approximate surface area is 160 Å². The fourth-order valence-corrected chi connectivity index (χ4v) is 3.90. The van der Waals surface area contributed by atoms with Crippen molar-refractivity contribution in [2.75, 3.05) is 13.6 Å². The van der Waals surface area contributed by atoms with Crippen molar-refractivity contribution in [3.8, 4) is 0 Å². The van der Waals surface area contributed by atoms with Crippen LogP contribution in [0.25, 0.3) is 22.6 Å². The van der Waals surface area contributed by atoms with Crippen molar-refractivity contribution in [3.05, 3.63) is 77.0 Å². The summed E-state index contributed by atoms with van der Waals surface area (Å²) in [6.07, 6.45) is 4.95. The van der Waals surface area contributed by atoms with Gasteiger partial charge in [-0.25, -0.2) is 4.98 Å². The number of pyridine rings is 1. The van der Waals surface area contributed by atoms with Crippen molar-refractivity contribution in [1.82, 2.24) is 9.88 Å². The van der Waals surface area contributed by atoms with Crippen LogP contribution in [0.3, 0.4) is 0 Å². The van der Waals surface area contributed by atoms with E-state index in [0.717, 1.165) is 53.5 Å². The molecule has 1 aromatic heterocycles. The second kappa shape index (κ2) is 7.36. The van der Waals surface area contributed by atoms with Gasteiger partial charge in [0.2, 0.25) is 0 Å². The van der Waals surface area contributed by atoms with Crippen molar-refractivity contribution in [1.29, 1.82) is 0 Å². The molecule has 3 aromatic rings. The van der Waals surface area contributed by atoms with Crippen LogP contribution in [0.5, 0.6) is 0 Å². The molecule has 0 bridgehead atoms. The minimum atomic E-state index is 0.104. The van der Waals surface area contributed by atoms with Crippen molar-refractivity contribution in [3.63, 3.8) is 0 Å². The molecule has 1 aliphatic rings. The van der Waals surface area contributed by atoms with Gasteiger partial charge in [0.05, 0.1) is 16.8 Å². The molecular formula is C24H24N2O. The summed E-state index contributed by atoms with van der Waals surface area (Å²) in [5.41, 5.74) is 6.21. The van der Waals surface area contributed by atoms with Crippen molar-refractivity contribution in [2.45, 2.75) is 26.2 Å². The molecule has 2 aromatic carbocycles. The predicted molar refractivity (Wildman–Crippen MR) is 112 cm³/mol. The van der Waals surface area contributed by atoms with E-state index in [-0.39, 0.29) is 5.91 Å².